The number of carbonyl (C=O) groups is 1. The third-order valence-electron chi connectivity index (χ3n) is 3.37. The van der Waals surface area contributed by atoms with Gasteiger partial charge in [0.2, 0.25) is 0 Å². The van der Waals surface area contributed by atoms with Gasteiger partial charge in [-0.3, -0.25) is 4.79 Å². The number of carbonyl (C=O) groups excluding carboxylic acids is 1. The highest BCUT2D eigenvalue weighted by molar-refractivity contribution is 5.95. The number of fused-ring (bicyclic) bond motifs is 1. The van der Waals surface area contributed by atoms with Gasteiger partial charge < -0.3 is 9.30 Å². The van der Waals surface area contributed by atoms with Gasteiger partial charge in [0.15, 0.2) is 0 Å². The fourth-order valence-corrected chi connectivity index (χ4v) is 2.11. The predicted molar refractivity (Wildman–Crippen MR) is 76.5 cm³/mol. The number of imidazole rings is 1. The predicted octanol–water partition coefficient (Wildman–Crippen LogP) is 2.94. The summed E-state index contributed by atoms with van der Waals surface area (Å²) in [6, 6.07) is 3.73. The number of amides is 1. The summed E-state index contributed by atoms with van der Waals surface area (Å²) in [6.45, 7) is 9.67. The Morgan fingerprint density at radius 2 is 2.05 bits per heavy atom. The molecule has 2 aromatic rings. The van der Waals surface area contributed by atoms with Crippen molar-refractivity contribution in [1.82, 2.24) is 14.3 Å². The Labute approximate surface area is 114 Å². The van der Waals surface area contributed by atoms with E-state index in [4.69, 9.17) is 0 Å². The summed E-state index contributed by atoms with van der Waals surface area (Å²) in [6.07, 6.45) is 3.93. The molecule has 0 aliphatic heterocycles. The largest absolute Gasteiger partial charge is 0.339 e. The van der Waals surface area contributed by atoms with Crippen LogP contribution in [0.15, 0.2) is 24.5 Å². The van der Waals surface area contributed by atoms with Crippen LogP contribution in [0.1, 0.15) is 49.7 Å². The van der Waals surface area contributed by atoms with Crippen molar-refractivity contribution in [3.05, 3.63) is 35.8 Å². The summed E-state index contributed by atoms with van der Waals surface area (Å²) < 4.78 is 1.97. The molecule has 0 N–H and O–H groups in total. The lowest BCUT2D eigenvalue weighted by Gasteiger charge is -2.18. The van der Waals surface area contributed by atoms with Crippen LogP contribution in [0.5, 0.6) is 0 Å². The van der Waals surface area contributed by atoms with Gasteiger partial charge in [0.25, 0.3) is 5.91 Å². The molecule has 0 saturated heterocycles. The third-order valence-corrected chi connectivity index (χ3v) is 3.37. The van der Waals surface area contributed by atoms with Gasteiger partial charge in [0.1, 0.15) is 5.65 Å². The fraction of sp³-hybridized carbons (Fsp3) is 0.467. The molecule has 4 heteroatoms. The first-order chi connectivity index (χ1) is 9.06. The zero-order valence-corrected chi connectivity index (χ0v) is 12.1. The molecule has 102 valence electrons. The van der Waals surface area contributed by atoms with Crippen molar-refractivity contribution in [3.63, 3.8) is 0 Å². The molecule has 0 fully saturated rings. The third kappa shape index (κ3) is 2.62. The summed E-state index contributed by atoms with van der Waals surface area (Å²) in [7, 11) is 0. The summed E-state index contributed by atoms with van der Waals surface area (Å²) in [5.41, 5.74) is 2.59. The molecule has 2 heterocycles. The molecule has 0 unspecified atom stereocenters. The van der Waals surface area contributed by atoms with Gasteiger partial charge in [-0.25, -0.2) is 4.98 Å². The van der Waals surface area contributed by atoms with Gasteiger partial charge in [-0.1, -0.05) is 13.8 Å². The standard InChI is InChI=1S/C15H21N3O/c1-5-17(6-2)15(19)12-7-8-18-10-13(11(3)4)16-14(18)9-12/h7-11H,5-6H2,1-4H3. The van der Waals surface area contributed by atoms with Crippen molar-refractivity contribution in [1.29, 1.82) is 0 Å². The van der Waals surface area contributed by atoms with E-state index < -0.39 is 0 Å². The molecular weight excluding hydrogens is 238 g/mol. The van der Waals surface area contributed by atoms with Gasteiger partial charge in [-0.15, -0.1) is 0 Å². The lowest BCUT2D eigenvalue weighted by Crippen LogP contribution is -2.30. The second kappa shape index (κ2) is 5.43. The molecular formula is C15H21N3O. The molecule has 0 radical (unpaired) electrons. The first kappa shape index (κ1) is 13.6. The zero-order chi connectivity index (χ0) is 14.0. The van der Waals surface area contributed by atoms with E-state index in [9.17, 15) is 4.79 Å². The highest BCUT2D eigenvalue weighted by atomic mass is 16.2. The van der Waals surface area contributed by atoms with Crippen molar-refractivity contribution in [2.24, 2.45) is 0 Å². The molecule has 0 spiro atoms. The summed E-state index contributed by atoms with van der Waals surface area (Å²) in [5.74, 6) is 0.462. The van der Waals surface area contributed by atoms with Crippen LogP contribution >= 0.6 is 0 Å². The van der Waals surface area contributed by atoms with Crippen molar-refractivity contribution >= 4 is 11.6 Å². The Morgan fingerprint density at radius 1 is 1.37 bits per heavy atom. The van der Waals surface area contributed by atoms with Crippen LogP contribution in [-0.2, 0) is 0 Å². The molecule has 19 heavy (non-hydrogen) atoms. The highest BCUT2D eigenvalue weighted by Gasteiger charge is 2.14. The summed E-state index contributed by atoms with van der Waals surface area (Å²) >= 11 is 0. The Hall–Kier alpha value is -1.84. The maximum absolute atomic E-state index is 12.3. The second-order valence-corrected chi connectivity index (χ2v) is 4.98. The topological polar surface area (TPSA) is 37.6 Å². The average Bonchev–Trinajstić information content (AvgIpc) is 2.82. The van der Waals surface area contributed by atoms with E-state index >= 15 is 0 Å². The van der Waals surface area contributed by atoms with Crippen molar-refractivity contribution in [2.75, 3.05) is 13.1 Å². The number of hydrogen-bond acceptors (Lipinski definition) is 2. The van der Waals surface area contributed by atoms with Crippen LogP contribution in [0.4, 0.5) is 0 Å². The zero-order valence-electron chi connectivity index (χ0n) is 12.1. The minimum Gasteiger partial charge on any atom is -0.339 e. The van der Waals surface area contributed by atoms with E-state index in [2.05, 4.69) is 18.8 Å². The van der Waals surface area contributed by atoms with Crippen LogP contribution < -0.4 is 0 Å². The molecule has 1 amide bonds. The molecule has 0 bridgehead atoms. The fourth-order valence-electron chi connectivity index (χ4n) is 2.11. The lowest BCUT2D eigenvalue weighted by atomic mass is 10.2. The van der Waals surface area contributed by atoms with Crippen molar-refractivity contribution < 1.29 is 4.79 Å². The average molecular weight is 259 g/mol. The van der Waals surface area contributed by atoms with E-state index in [0.717, 1.165) is 24.4 Å². The van der Waals surface area contributed by atoms with E-state index in [1.54, 1.807) is 0 Å². The Kier molecular flexibility index (Phi) is 3.88. The molecule has 4 nitrogen and oxygen atoms in total. The van der Waals surface area contributed by atoms with E-state index in [1.165, 1.54) is 0 Å². The first-order valence-electron chi connectivity index (χ1n) is 6.84. The Bertz CT molecular complexity index is 582. The van der Waals surface area contributed by atoms with Crippen LogP contribution in [0, 0.1) is 0 Å². The van der Waals surface area contributed by atoms with Crippen LogP contribution in [0.25, 0.3) is 5.65 Å². The number of nitrogens with zero attached hydrogens (tertiary/aromatic N) is 3. The normalized spacial score (nSPS) is 11.2. The highest BCUT2D eigenvalue weighted by Crippen LogP contribution is 2.16. The number of hydrogen-bond donors (Lipinski definition) is 0. The monoisotopic (exact) mass is 259 g/mol. The Morgan fingerprint density at radius 3 is 2.63 bits per heavy atom. The Balaban J connectivity index is 2.38. The molecule has 0 aromatic carbocycles. The van der Waals surface area contributed by atoms with Crippen LogP contribution in [0.3, 0.4) is 0 Å². The SMILES string of the molecule is CCN(CC)C(=O)c1ccn2cc(C(C)C)nc2c1. The smallest absolute Gasteiger partial charge is 0.254 e. The maximum atomic E-state index is 12.3. The molecule has 0 aliphatic carbocycles. The van der Waals surface area contributed by atoms with Gasteiger partial charge in [0, 0.05) is 31.0 Å². The van der Waals surface area contributed by atoms with Crippen molar-refractivity contribution in [3.8, 4) is 0 Å². The lowest BCUT2D eigenvalue weighted by molar-refractivity contribution is 0.0773. The van der Waals surface area contributed by atoms with Gasteiger partial charge >= 0.3 is 0 Å². The summed E-state index contributed by atoms with van der Waals surface area (Å²) in [5, 5.41) is 0. The molecule has 0 saturated carbocycles. The molecule has 0 atom stereocenters. The number of pyridine rings is 1. The summed E-state index contributed by atoms with van der Waals surface area (Å²) in [4.78, 5) is 18.7. The van der Waals surface area contributed by atoms with Gasteiger partial charge in [-0.2, -0.15) is 0 Å². The minimum atomic E-state index is 0.0709. The van der Waals surface area contributed by atoms with Crippen LogP contribution in [-0.4, -0.2) is 33.3 Å². The van der Waals surface area contributed by atoms with Crippen LogP contribution in [0.2, 0.25) is 0 Å². The molecule has 2 rings (SSSR count). The van der Waals surface area contributed by atoms with E-state index in [-0.39, 0.29) is 5.91 Å². The quantitative estimate of drug-likeness (QED) is 0.846. The number of rotatable bonds is 4. The minimum absolute atomic E-state index is 0.0709. The molecule has 0 aliphatic rings. The second-order valence-electron chi connectivity index (χ2n) is 4.98. The molecule has 2 aromatic heterocycles. The van der Waals surface area contributed by atoms with Gasteiger partial charge in [-0.05, 0) is 31.9 Å². The van der Waals surface area contributed by atoms with E-state index in [1.807, 2.05) is 47.7 Å². The van der Waals surface area contributed by atoms with Crippen molar-refractivity contribution in [2.45, 2.75) is 33.6 Å². The maximum Gasteiger partial charge on any atom is 0.254 e. The van der Waals surface area contributed by atoms with E-state index in [0.29, 0.717) is 11.5 Å². The van der Waals surface area contributed by atoms with Gasteiger partial charge in [0.05, 0.1) is 5.69 Å². The number of aromatic nitrogens is 2. The first-order valence-corrected chi connectivity index (χ1v) is 6.84.